The molecule has 0 bridgehead atoms. The van der Waals surface area contributed by atoms with E-state index in [4.69, 9.17) is 4.74 Å². The minimum Gasteiger partial charge on any atom is -0.476 e. The highest BCUT2D eigenvalue weighted by Crippen LogP contribution is 2.31. The van der Waals surface area contributed by atoms with E-state index in [1.54, 1.807) is 0 Å². The molecule has 0 saturated carbocycles. The van der Waals surface area contributed by atoms with Gasteiger partial charge in [0.15, 0.2) is 0 Å². The summed E-state index contributed by atoms with van der Waals surface area (Å²) in [5.41, 5.74) is -0.187. The Labute approximate surface area is 125 Å². The first-order valence-corrected chi connectivity index (χ1v) is 7.47. The maximum absolute atomic E-state index is 11.2. The van der Waals surface area contributed by atoms with E-state index in [1.165, 1.54) is 7.11 Å². The molecule has 0 fully saturated rings. The van der Waals surface area contributed by atoms with Crippen LogP contribution >= 0.6 is 0 Å². The fourth-order valence-electron chi connectivity index (χ4n) is 2.00. The highest BCUT2D eigenvalue weighted by atomic mass is 16.6. The second-order valence-electron chi connectivity index (χ2n) is 4.84. The Hall–Kier alpha value is -1.92. The number of hydrogen-bond acceptors (Lipinski definition) is 6. The molecule has 0 saturated heterocycles. The molecule has 0 atom stereocenters. The molecule has 0 unspecified atom stereocenters. The molecule has 0 radical (unpaired) electrons. The lowest BCUT2D eigenvalue weighted by molar-refractivity contribution is -0.385. The van der Waals surface area contributed by atoms with E-state index in [9.17, 15) is 10.1 Å². The summed E-state index contributed by atoms with van der Waals surface area (Å²) in [6, 6.07) is 0. The van der Waals surface area contributed by atoms with Crippen LogP contribution in [-0.4, -0.2) is 28.5 Å². The first-order chi connectivity index (χ1) is 10.1. The number of anilines is 1. The number of methoxy groups -OCH3 is 1. The molecule has 118 valence electrons. The first-order valence-electron chi connectivity index (χ1n) is 7.47. The Morgan fingerprint density at radius 1 is 1.19 bits per heavy atom. The van der Waals surface area contributed by atoms with Crippen molar-refractivity contribution in [2.45, 2.75) is 52.4 Å². The van der Waals surface area contributed by atoms with Crippen LogP contribution in [0.25, 0.3) is 0 Å². The Balaban J connectivity index is 2.91. The fourth-order valence-corrected chi connectivity index (χ4v) is 2.00. The van der Waals surface area contributed by atoms with Crippen molar-refractivity contribution in [1.82, 2.24) is 9.97 Å². The van der Waals surface area contributed by atoms with Gasteiger partial charge in [0, 0.05) is 13.0 Å². The van der Waals surface area contributed by atoms with Gasteiger partial charge in [0.25, 0.3) is 5.88 Å². The monoisotopic (exact) mass is 296 g/mol. The summed E-state index contributed by atoms with van der Waals surface area (Å²) in [5.74, 6) is 0.845. The summed E-state index contributed by atoms with van der Waals surface area (Å²) in [7, 11) is 1.39. The number of aromatic nitrogens is 2. The van der Waals surface area contributed by atoms with E-state index in [0.29, 0.717) is 18.8 Å². The van der Waals surface area contributed by atoms with Gasteiger partial charge in [-0.15, -0.1) is 0 Å². The molecule has 1 aromatic heterocycles. The lowest BCUT2D eigenvalue weighted by Crippen LogP contribution is -2.11. The molecule has 0 aliphatic heterocycles. The van der Waals surface area contributed by atoms with Crippen LogP contribution < -0.4 is 10.1 Å². The largest absolute Gasteiger partial charge is 0.476 e. The maximum atomic E-state index is 11.2. The van der Waals surface area contributed by atoms with Crippen LogP contribution in [0.4, 0.5) is 11.5 Å². The molecule has 0 aromatic carbocycles. The smallest absolute Gasteiger partial charge is 0.372 e. The van der Waals surface area contributed by atoms with Gasteiger partial charge in [0.1, 0.15) is 5.82 Å². The average Bonchev–Trinajstić information content (AvgIpc) is 2.46. The van der Waals surface area contributed by atoms with Gasteiger partial charge in [-0.3, -0.25) is 10.1 Å². The van der Waals surface area contributed by atoms with E-state index >= 15 is 0 Å². The summed E-state index contributed by atoms with van der Waals surface area (Å²) in [4.78, 5) is 19.1. The molecular formula is C14H24N4O3. The van der Waals surface area contributed by atoms with Crippen molar-refractivity contribution in [3.63, 3.8) is 0 Å². The molecular weight excluding hydrogens is 272 g/mol. The zero-order valence-corrected chi connectivity index (χ0v) is 13.0. The number of hydrogen-bond donors (Lipinski definition) is 1. The molecule has 1 rings (SSSR count). The Morgan fingerprint density at radius 3 is 2.52 bits per heavy atom. The lowest BCUT2D eigenvalue weighted by Gasteiger charge is -2.10. The zero-order valence-electron chi connectivity index (χ0n) is 13.0. The summed E-state index contributed by atoms with van der Waals surface area (Å²) in [6.07, 6.45) is 5.91. The lowest BCUT2D eigenvalue weighted by atomic mass is 10.2. The van der Waals surface area contributed by atoms with E-state index in [2.05, 4.69) is 22.2 Å². The highest BCUT2D eigenvalue weighted by Gasteiger charge is 2.25. The van der Waals surface area contributed by atoms with Crippen LogP contribution in [0.15, 0.2) is 0 Å². The van der Waals surface area contributed by atoms with Crippen LogP contribution in [0, 0.1) is 10.1 Å². The van der Waals surface area contributed by atoms with Gasteiger partial charge < -0.3 is 10.1 Å². The normalized spacial score (nSPS) is 10.4. The van der Waals surface area contributed by atoms with Crippen LogP contribution in [0.3, 0.4) is 0 Å². The Morgan fingerprint density at radius 2 is 1.95 bits per heavy atom. The van der Waals surface area contributed by atoms with Crippen molar-refractivity contribution >= 4 is 11.5 Å². The average molecular weight is 296 g/mol. The van der Waals surface area contributed by atoms with Crippen molar-refractivity contribution in [2.75, 3.05) is 19.0 Å². The van der Waals surface area contributed by atoms with Gasteiger partial charge in [0.05, 0.1) is 12.0 Å². The van der Waals surface area contributed by atoms with Crippen molar-refractivity contribution < 1.29 is 9.66 Å². The maximum Gasteiger partial charge on any atom is 0.372 e. The van der Waals surface area contributed by atoms with Gasteiger partial charge in [-0.25, -0.2) is 4.98 Å². The molecule has 0 amide bonds. The van der Waals surface area contributed by atoms with E-state index in [0.717, 1.165) is 32.1 Å². The van der Waals surface area contributed by atoms with Gasteiger partial charge in [-0.1, -0.05) is 33.1 Å². The summed E-state index contributed by atoms with van der Waals surface area (Å²) >= 11 is 0. The fraction of sp³-hybridized carbons (Fsp3) is 0.714. The molecule has 0 spiro atoms. The number of nitrogens with one attached hydrogen (secondary N) is 1. The van der Waals surface area contributed by atoms with Crippen LogP contribution in [-0.2, 0) is 6.42 Å². The third-order valence-electron chi connectivity index (χ3n) is 3.07. The summed E-state index contributed by atoms with van der Waals surface area (Å²) in [6.45, 7) is 4.81. The van der Waals surface area contributed by atoms with Crippen LogP contribution in [0.1, 0.15) is 51.8 Å². The van der Waals surface area contributed by atoms with Crippen LogP contribution in [0.5, 0.6) is 5.88 Å². The van der Waals surface area contributed by atoms with Gasteiger partial charge in [-0.05, 0) is 12.8 Å². The number of nitro groups is 1. The minimum atomic E-state index is -0.497. The third kappa shape index (κ3) is 5.17. The number of aryl methyl sites for hydroxylation is 1. The zero-order chi connectivity index (χ0) is 15.7. The second-order valence-corrected chi connectivity index (χ2v) is 4.84. The van der Waals surface area contributed by atoms with Gasteiger partial charge in [-0.2, -0.15) is 4.98 Å². The molecule has 1 aromatic rings. The molecule has 7 heteroatoms. The summed E-state index contributed by atoms with van der Waals surface area (Å²) < 4.78 is 5.05. The highest BCUT2D eigenvalue weighted by molar-refractivity contribution is 5.61. The van der Waals surface area contributed by atoms with E-state index in [-0.39, 0.29) is 17.4 Å². The van der Waals surface area contributed by atoms with E-state index < -0.39 is 4.92 Å². The molecule has 21 heavy (non-hydrogen) atoms. The van der Waals surface area contributed by atoms with E-state index in [1.807, 2.05) is 6.92 Å². The second kappa shape index (κ2) is 9.10. The third-order valence-corrected chi connectivity index (χ3v) is 3.07. The topological polar surface area (TPSA) is 90.2 Å². The number of rotatable bonds is 10. The Bertz CT molecular complexity index is 466. The Kier molecular flexibility index (Phi) is 7.42. The van der Waals surface area contributed by atoms with Crippen LogP contribution in [0.2, 0.25) is 0 Å². The number of unbranched alkanes of at least 4 members (excludes halogenated alkanes) is 3. The van der Waals surface area contributed by atoms with Crippen molar-refractivity contribution in [1.29, 1.82) is 0 Å². The van der Waals surface area contributed by atoms with Crippen molar-refractivity contribution in [3.8, 4) is 5.88 Å². The molecule has 0 aliphatic rings. The first kappa shape index (κ1) is 17.1. The SMILES string of the molecule is CCCCCCNc1nc(CCC)nc(OC)c1[N+](=O)[O-]. The molecule has 7 nitrogen and oxygen atoms in total. The molecule has 1 heterocycles. The standard InChI is InChI=1S/C14H24N4O3/c1-4-6-7-8-10-15-13-12(18(19)20)14(21-3)17-11(16-13)9-5-2/h4-10H2,1-3H3,(H,15,16,17). The predicted octanol–water partition coefficient (Wildman–Crippen LogP) is 3.34. The van der Waals surface area contributed by atoms with Gasteiger partial charge >= 0.3 is 5.69 Å². The quantitative estimate of drug-likeness (QED) is 0.404. The molecule has 0 aliphatic carbocycles. The number of nitrogens with zero attached hydrogens (tertiary/aromatic N) is 3. The number of ether oxygens (including phenoxy) is 1. The summed E-state index contributed by atoms with van der Waals surface area (Å²) in [5, 5.41) is 14.3. The van der Waals surface area contributed by atoms with Gasteiger partial charge in [0.2, 0.25) is 5.82 Å². The van der Waals surface area contributed by atoms with Crippen molar-refractivity contribution in [3.05, 3.63) is 15.9 Å². The minimum absolute atomic E-state index is 0.0227. The predicted molar refractivity (Wildman–Crippen MR) is 81.9 cm³/mol. The molecule has 1 N–H and O–H groups in total. The van der Waals surface area contributed by atoms with Crippen molar-refractivity contribution in [2.24, 2.45) is 0 Å².